The first-order valence-corrected chi connectivity index (χ1v) is 8.68. The number of aliphatic carboxylic acids is 1. The molecular formula is C15H14ClN3O4S. The Labute approximate surface area is 146 Å². The summed E-state index contributed by atoms with van der Waals surface area (Å²) in [6, 6.07) is 7.17. The summed E-state index contributed by atoms with van der Waals surface area (Å²) in [5, 5.41) is 13.0. The minimum absolute atomic E-state index is 0.187. The molecule has 0 radical (unpaired) electrons. The molecule has 1 saturated heterocycles. The molecule has 4 atom stereocenters. The van der Waals surface area contributed by atoms with Crippen molar-refractivity contribution in [3.05, 3.63) is 35.9 Å². The number of carboxylic acid groups (broad SMARTS) is 1. The molecule has 1 fully saturated rings. The van der Waals surface area contributed by atoms with E-state index in [2.05, 4.69) is 15.6 Å². The first-order chi connectivity index (χ1) is 11.5. The largest absolute Gasteiger partial charge is 0.477 e. The van der Waals surface area contributed by atoms with Gasteiger partial charge in [0.1, 0.15) is 23.2 Å². The molecule has 1 aromatic carbocycles. The van der Waals surface area contributed by atoms with Crippen LogP contribution in [0.5, 0.6) is 0 Å². The first kappa shape index (κ1) is 16.8. The van der Waals surface area contributed by atoms with Gasteiger partial charge in [0.15, 0.2) is 0 Å². The monoisotopic (exact) mass is 367 g/mol. The molecule has 0 aliphatic carbocycles. The van der Waals surface area contributed by atoms with Gasteiger partial charge in [0.25, 0.3) is 0 Å². The summed E-state index contributed by atoms with van der Waals surface area (Å²) < 4.78 is 0. The van der Waals surface area contributed by atoms with Crippen molar-refractivity contribution in [1.29, 1.82) is 0 Å². The first-order valence-electron chi connectivity index (χ1n) is 7.19. The summed E-state index contributed by atoms with van der Waals surface area (Å²) in [6.07, 6.45) is 0. The minimum Gasteiger partial charge on any atom is -0.477 e. The molecule has 2 aliphatic rings. The summed E-state index contributed by atoms with van der Waals surface area (Å²) >= 11 is 7.17. The number of aliphatic imine (C=N–C) groups is 1. The maximum atomic E-state index is 12.4. The zero-order valence-corrected chi connectivity index (χ0v) is 13.9. The highest BCUT2D eigenvalue weighted by molar-refractivity contribution is 8.00. The second-order valence-electron chi connectivity index (χ2n) is 5.35. The van der Waals surface area contributed by atoms with Gasteiger partial charge >= 0.3 is 5.97 Å². The third-order valence-electron chi connectivity index (χ3n) is 3.74. The van der Waals surface area contributed by atoms with Gasteiger partial charge in [-0.25, -0.2) is 4.79 Å². The van der Waals surface area contributed by atoms with Gasteiger partial charge in [-0.3, -0.25) is 14.6 Å². The fourth-order valence-electron chi connectivity index (χ4n) is 2.56. The number of nitrogens with zero attached hydrogens (tertiary/aromatic N) is 1. The molecule has 3 N–H and O–H groups in total. The van der Waals surface area contributed by atoms with Crippen molar-refractivity contribution in [1.82, 2.24) is 10.6 Å². The van der Waals surface area contributed by atoms with Crippen molar-refractivity contribution in [3.63, 3.8) is 0 Å². The van der Waals surface area contributed by atoms with Crippen LogP contribution in [0.15, 0.2) is 35.3 Å². The van der Waals surface area contributed by atoms with Crippen LogP contribution in [0, 0.1) is 0 Å². The standard InChI is InChI=1S/C15H14ClN3O4S/c16-8-6-24-14(19-10(8)15(22)23)11-13(21)17-9(12(20)18-11)7-4-2-1-3-5-7/h1-5,8-9,11,14H,6H2,(H,17,21)(H,18,20)(H,22,23)/t8?,9?,11-,14-/m1/s1. The molecule has 126 valence electrons. The molecule has 0 bridgehead atoms. The predicted molar refractivity (Wildman–Crippen MR) is 90.2 cm³/mol. The van der Waals surface area contributed by atoms with Crippen LogP contribution in [0.4, 0.5) is 0 Å². The lowest BCUT2D eigenvalue weighted by Crippen LogP contribution is -2.61. The van der Waals surface area contributed by atoms with Crippen LogP contribution in [0.2, 0.25) is 0 Å². The number of hydrogen-bond donors (Lipinski definition) is 3. The van der Waals surface area contributed by atoms with Gasteiger partial charge in [-0.05, 0) is 5.56 Å². The summed E-state index contributed by atoms with van der Waals surface area (Å²) in [7, 11) is 0. The van der Waals surface area contributed by atoms with Crippen molar-refractivity contribution >= 4 is 46.9 Å². The van der Waals surface area contributed by atoms with E-state index in [-0.39, 0.29) is 11.6 Å². The van der Waals surface area contributed by atoms with E-state index in [1.54, 1.807) is 24.3 Å². The average molecular weight is 368 g/mol. The maximum Gasteiger partial charge on any atom is 0.351 e. The van der Waals surface area contributed by atoms with Crippen LogP contribution in [-0.2, 0) is 14.4 Å². The molecule has 0 spiro atoms. The van der Waals surface area contributed by atoms with Crippen LogP contribution in [0.3, 0.4) is 0 Å². The number of amides is 2. The van der Waals surface area contributed by atoms with Crippen LogP contribution in [0.25, 0.3) is 0 Å². The lowest BCUT2D eigenvalue weighted by atomic mass is 10.0. The van der Waals surface area contributed by atoms with Crippen molar-refractivity contribution in [2.24, 2.45) is 4.99 Å². The fraction of sp³-hybridized carbons (Fsp3) is 0.333. The minimum atomic E-state index is -1.22. The van der Waals surface area contributed by atoms with E-state index in [1.165, 1.54) is 11.8 Å². The average Bonchev–Trinajstić information content (AvgIpc) is 2.57. The van der Waals surface area contributed by atoms with Crippen LogP contribution >= 0.6 is 23.4 Å². The highest BCUT2D eigenvalue weighted by Gasteiger charge is 2.41. The van der Waals surface area contributed by atoms with Crippen LogP contribution in [0.1, 0.15) is 11.6 Å². The Balaban J connectivity index is 1.79. The van der Waals surface area contributed by atoms with Crippen molar-refractivity contribution in [2.45, 2.75) is 22.8 Å². The Morgan fingerprint density at radius 2 is 1.92 bits per heavy atom. The zero-order valence-electron chi connectivity index (χ0n) is 12.3. The maximum absolute atomic E-state index is 12.4. The van der Waals surface area contributed by atoms with Crippen LogP contribution < -0.4 is 10.6 Å². The number of carbonyl (C=O) groups excluding carboxylic acids is 2. The third kappa shape index (κ3) is 3.25. The number of alkyl halides is 1. The van der Waals surface area contributed by atoms with Gasteiger partial charge in [0.05, 0.1) is 5.38 Å². The molecule has 0 aromatic heterocycles. The molecular weight excluding hydrogens is 354 g/mol. The Bertz CT molecular complexity index is 712. The lowest BCUT2D eigenvalue weighted by molar-refractivity contribution is -0.136. The Morgan fingerprint density at radius 3 is 2.58 bits per heavy atom. The highest BCUT2D eigenvalue weighted by Crippen LogP contribution is 2.28. The van der Waals surface area contributed by atoms with E-state index in [9.17, 15) is 14.4 Å². The number of thioether (sulfide) groups is 1. The normalized spacial score (nSPS) is 30.1. The van der Waals surface area contributed by atoms with Gasteiger partial charge in [-0.1, -0.05) is 30.3 Å². The van der Waals surface area contributed by atoms with E-state index >= 15 is 0 Å². The van der Waals surface area contributed by atoms with E-state index in [0.717, 1.165) is 0 Å². The quantitative estimate of drug-likeness (QED) is 0.676. The van der Waals surface area contributed by atoms with Crippen molar-refractivity contribution in [3.8, 4) is 0 Å². The van der Waals surface area contributed by atoms with E-state index in [1.807, 2.05) is 6.07 Å². The third-order valence-corrected chi connectivity index (χ3v) is 5.53. The Morgan fingerprint density at radius 1 is 1.21 bits per heavy atom. The number of rotatable bonds is 3. The van der Waals surface area contributed by atoms with Gasteiger partial charge in [0.2, 0.25) is 11.8 Å². The highest BCUT2D eigenvalue weighted by atomic mass is 35.5. The second-order valence-corrected chi connectivity index (χ2v) is 7.03. The van der Waals surface area contributed by atoms with E-state index in [4.69, 9.17) is 16.7 Å². The van der Waals surface area contributed by atoms with Gasteiger partial charge in [-0.15, -0.1) is 23.4 Å². The van der Waals surface area contributed by atoms with Crippen molar-refractivity contribution < 1.29 is 19.5 Å². The number of halogens is 1. The fourth-order valence-corrected chi connectivity index (χ4v) is 4.02. The van der Waals surface area contributed by atoms with Gasteiger partial charge in [0, 0.05) is 5.75 Å². The number of carboxylic acids is 1. The van der Waals surface area contributed by atoms with Gasteiger partial charge < -0.3 is 15.7 Å². The molecule has 7 nitrogen and oxygen atoms in total. The molecule has 9 heteroatoms. The number of nitrogens with one attached hydrogen (secondary N) is 2. The van der Waals surface area contributed by atoms with Crippen molar-refractivity contribution in [2.75, 3.05) is 5.75 Å². The zero-order chi connectivity index (χ0) is 17.3. The van der Waals surface area contributed by atoms with E-state index < -0.39 is 34.7 Å². The van der Waals surface area contributed by atoms with Gasteiger partial charge in [-0.2, -0.15) is 0 Å². The number of benzene rings is 1. The molecule has 2 aliphatic heterocycles. The Kier molecular flexibility index (Phi) is 4.77. The molecule has 0 saturated carbocycles. The SMILES string of the molecule is O=C(O)C1=N[C@@H]([C@@H]2NC(=O)C(c3ccccc3)NC2=O)SCC1Cl. The number of carbonyl (C=O) groups is 3. The van der Waals surface area contributed by atoms with Crippen LogP contribution in [-0.4, -0.2) is 51.1 Å². The Hall–Kier alpha value is -2.06. The second kappa shape index (κ2) is 6.82. The summed E-state index contributed by atoms with van der Waals surface area (Å²) in [5.41, 5.74) is 0.487. The summed E-state index contributed by atoms with van der Waals surface area (Å²) in [5.74, 6) is -1.67. The predicted octanol–water partition coefficient (Wildman–Crippen LogP) is 0.548. The molecule has 2 unspecified atom stereocenters. The summed E-state index contributed by atoms with van der Waals surface area (Å²) in [4.78, 5) is 39.9. The lowest BCUT2D eigenvalue weighted by Gasteiger charge is -2.34. The summed E-state index contributed by atoms with van der Waals surface area (Å²) in [6.45, 7) is 0. The molecule has 24 heavy (non-hydrogen) atoms. The molecule has 3 rings (SSSR count). The smallest absolute Gasteiger partial charge is 0.351 e. The molecule has 2 heterocycles. The molecule has 1 aromatic rings. The number of piperazine rings is 1. The van der Waals surface area contributed by atoms with E-state index in [0.29, 0.717) is 11.3 Å². The molecule has 2 amide bonds. The topological polar surface area (TPSA) is 108 Å². The number of hydrogen-bond acceptors (Lipinski definition) is 5.